The van der Waals surface area contributed by atoms with E-state index in [0.717, 1.165) is 5.56 Å². The maximum absolute atomic E-state index is 10.9. The summed E-state index contributed by atoms with van der Waals surface area (Å²) in [4.78, 5) is 14.3. The van der Waals surface area contributed by atoms with E-state index in [-0.39, 0.29) is 12.4 Å². The Morgan fingerprint density at radius 3 is 2.89 bits per heavy atom. The molecule has 0 amide bonds. The summed E-state index contributed by atoms with van der Waals surface area (Å²) in [5, 5.41) is 19.8. The molecule has 6 heteroatoms. The summed E-state index contributed by atoms with van der Waals surface area (Å²) in [6, 6.07) is 9.10. The number of nitrogens with zero attached hydrogens (tertiary/aromatic N) is 4. The Morgan fingerprint density at radius 2 is 2.22 bits per heavy atom. The fourth-order valence-electron chi connectivity index (χ4n) is 1.74. The van der Waals surface area contributed by atoms with E-state index >= 15 is 0 Å². The third kappa shape index (κ3) is 2.06. The van der Waals surface area contributed by atoms with Gasteiger partial charge in [-0.25, -0.2) is 9.55 Å². The van der Waals surface area contributed by atoms with Crippen LogP contribution in [-0.4, -0.2) is 14.5 Å². The molecule has 0 aliphatic rings. The van der Waals surface area contributed by atoms with Gasteiger partial charge in [-0.2, -0.15) is 5.26 Å². The lowest BCUT2D eigenvalue weighted by molar-refractivity contribution is -0.392. The molecule has 18 heavy (non-hydrogen) atoms. The predicted molar refractivity (Wildman–Crippen MR) is 63.9 cm³/mol. The number of nitro groups is 1. The zero-order chi connectivity index (χ0) is 13.1. The van der Waals surface area contributed by atoms with E-state index in [2.05, 4.69) is 11.1 Å². The Kier molecular flexibility index (Phi) is 3.06. The lowest BCUT2D eigenvalue weighted by atomic mass is 10.1. The number of benzene rings is 1. The molecule has 0 bridgehead atoms. The van der Waals surface area contributed by atoms with Crippen molar-refractivity contribution in [3.8, 4) is 6.07 Å². The fourth-order valence-corrected chi connectivity index (χ4v) is 1.74. The molecule has 1 heterocycles. The number of rotatable bonds is 3. The van der Waals surface area contributed by atoms with Crippen LogP contribution >= 0.6 is 0 Å². The van der Waals surface area contributed by atoms with Crippen LogP contribution in [0.4, 0.5) is 5.82 Å². The third-order valence-corrected chi connectivity index (χ3v) is 2.69. The number of nitriles is 1. The van der Waals surface area contributed by atoms with Gasteiger partial charge in [-0.1, -0.05) is 18.2 Å². The molecule has 1 aromatic carbocycles. The summed E-state index contributed by atoms with van der Waals surface area (Å²) in [6.45, 7) is 1.97. The molecule has 0 unspecified atom stereocenters. The van der Waals surface area contributed by atoms with Crippen molar-refractivity contribution in [2.24, 2.45) is 0 Å². The van der Waals surface area contributed by atoms with Gasteiger partial charge in [0.25, 0.3) is 0 Å². The van der Waals surface area contributed by atoms with Crippen LogP contribution in [-0.2, 0) is 6.54 Å². The number of imidazole rings is 1. The average Bonchev–Trinajstić information content (AvgIpc) is 2.72. The molecule has 0 aliphatic carbocycles. The van der Waals surface area contributed by atoms with Crippen molar-refractivity contribution in [3.05, 3.63) is 57.5 Å². The van der Waals surface area contributed by atoms with Gasteiger partial charge >= 0.3 is 5.82 Å². The average molecular weight is 242 g/mol. The quantitative estimate of drug-likeness (QED) is 0.608. The highest BCUT2D eigenvalue weighted by Gasteiger charge is 2.18. The number of hydrogen-bond donors (Lipinski definition) is 0. The molecule has 90 valence electrons. The zero-order valence-corrected chi connectivity index (χ0v) is 9.70. The first-order valence-electron chi connectivity index (χ1n) is 5.28. The van der Waals surface area contributed by atoms with Gasteiger partial charge in [-0.15, -0.1) is 0 Å². The van der Waals surface area contributed by atoms with Gasteiger partial charge < -0.3 is 10.1 Å². The number of aromatic nitrogens is 2. The number of hydrogen-bond acceptors (Lipinski definition) is 4. The summed E-state index contributed by atoms with van der Waals surface area (Å²) in [7, 11) is 0. The van der Waals surface area contributed by atoms with Crippen LogP contribution in [0, 0.1) is 28.4 Å². The van der Waals surface area contributed by atoms with Crippen molar-refractivity contribution < 1.29 is 4.92 Å². The van der Waals surface area contributed by atoms with E-state index in [0.29, 0.717) is 11.4 Å². The number of aryl methyl sites for hydroxylation is 1. The lowest BCUT2D eigenvalue weighted by Crippen LogP contribution is -2.07. The fraction of sp³-hybridized carbons (Fsp3) is 0.167. The standard InChI is InChI=1S/C12H10N4O2/c1-9-14-7-12(16(17)18)15(9)8-11-5-3-2-4-10(11)6-13/h2-5,7H,8H2,1H3. The van der Waals surface area contributed by atoms with Crippen LogP contribution < -0.4 is 0 Å². The van der Waals surface area contributed by atoms with E-state index in [4.69, 9.17) is 5.26 Å². The van der Waals surface area contributed by atoms with Gasteiger partial charge in [0, 0.05) is 12.5 Å². The summed E-state index contributed by atoms with van der Waals surface area (Å²) in [5.74, 6) is 0.481. The molecule has 6 nitrogen and oxygen atoms in total. The van der Waals surface area contributed by atoms with Crippen LogP contribution in [0.1, 0.15) is 17.0 Å². The molecule has 1 aromatic heterocycles. The molecule has 0 spiro atoms. The second-order valence-corrected chi connectivity index (χ2v) is 3.78. The monoisotopic (exact) mass is 242 g/mol. The Labute approximate surface area is 103 Å². The van der Waals surface area contributed by atoms with Crippen molar-refractivity contribution in [1.29, 1.82) is 5.26 Å². The smallest absolute Gasteiger partial charge is 0.343 e. The molecule has 0 saturated carbocycles. The Balaban J connectivity index is 2.43. The van der Waals surface area contributed by atoms with Crippen molar-refractivity contribution >= 4 is 5.82 Å². The van der Waals surface area contributed by atoms with E-state index in [1.807, 2.05) is 0 Å². The van der Waals surface area contributed by atoms with Crippen LogP contribution in [0.15, 0.2) is 30.5 Å². The minimum Gasteiger partial charge on any atom is -0.358 e. The van der Waals surface area contributed by atoms with Crippen molar-refractivity contribution in [2.75, 3.05) is 0 Å². The van der Waals surface area contributed by atoms with Gasteiger partial charge in [0.05, 0.1) is 11.6 Å². The normalized spacial score (nSPS) is 10.0. The molecule has 2 aromatic rings. The van der Waals surface area contributed by atoms with E-state index < -0.39 is 4.92 Å². The van der Waals surface area contributed by atoms with Crippen molar-refractivity contribution in [3.63, 3.8) is 0 Å². The van der Waals surface area contributed by atoms with Gasteiger partial charge in [0.1, 0.15) is 12.7 Å². The summed E-state index contributed by atoms with van der Waals surface area (Å²) < 4.78 is 1.48. The molecule has 2 rings (SSSR count). The van der Waals surface area contributed by atoms with Crippen LogP contribution in [0.25, 0.3) is 0 Å². The van der Waals surface area contributed by atoms with E-state index in [9.17, 15) is 10.1 Å². The summed E-state index contributed by atoms with van der Waals surface area (Å²) in [5.41, 5.74) is 1.25. The predicted octanol–water partition coefficient (Wildman–Crippen LogP) is 2.02. The molecule has 0 aliphatic heterocycles. The van der Waals surface area contributed by atoms with E-state index in [1.165, 1.54) is 10.8 Å². The topological polar surface area (TPSA) is 84.8 Å². The highest BCUT2D eigenvalue weighted by Crippen LogP contribution is 2.17. The maximum Gasteiger partial charge on any atom is 0.343 e. The highest BCUT2D eigenvalue weighted by atomic mass is 16.6. The van der Waals surface area contributed by atoms with Crippen LogP contribution in [0.2, 0.25) is 0 Å². The van der Waals surface area contributed by atoms with Gasteiger partial charge in [-0.3, -0.25) is 0 Å². The Morgan fingerprint density at radius 1 is 1.50 bits per heavy atom. The van der Waals surface area contributed by atoms with E-state index in [1.54, 1.807) is 31.2 Å². The Hall–Kier alpha value is -2.68. The van der Waals surface area contributed by atoms with Crippen LogP contribution in [0.3, 0.4) is 0 Å². The van der Waals surface area contributed by atoms with Gasteiger partial charge in [0.2, 0.25) is 0 Å². The second-order valence-electron chi connectivity index (χ2n) is 3.78. The first-order chi connectivity index (χ1) is 8.63. The molecule has 0 N–H and O–H groups in total. The van der Waals surface area contributed by atoms with Crippen molar-refractivity contribution in [2.45, 2.75) is 13.5 Å². The lowest BCUT2D eigenvalue weighted by Gasteiger charge is -2.04. The molecule has 0 fully saturated rings. The Bertz CT molecular complexity index is 640. The second kappa shape index (κ2) is 4.67. The SMILES string of the molecule is Cc1ncc([N+](=O)[O-])n1Cc1ccccc1C#N. The first kappa shape index (κ1) is 11.8. The summed E-state index contributed by atoms with van der Waals surface area (Å²) >= 11 is 0. The minimum absolute atomic E-state index is 0.0692. The highest BCUT2D eigenvalue weighted by molar-refractivity contribution is 5.38. The minimum atomic E-state index is -0.477. The zero-order valence-electron chi connectivity index (χ0n) is 9.70. The molecular formula is C12H10N4O2. The molecular weight excluding hydrogens is 232 g/mol. The molecule has 0 saturated heterocycles. The van der Waals surface area contributed by atoms with Crippen LogP contribution in [0.5, 0.6) is 0 Å². The third-order valence-electron chi connectivity index (χ3n) is 2.69. The summed E-state index contributed by atoms with van der Waals surface area (Å²) in [6.07, 6.45) is 1.23. The maximum atomic E-state index is 10.9. The van der Waals surface area contributed by atoms with Crippen molar-refractivity contribution in [1.82, 2.24) is 9.55 Å². The van der Waals surface area contributed by atoms with Gasteiger partial charge in [-0.05, 0) is 11.0 Å². The largest absolute Gasteiger partial charge is 0.358 e. The first-order valence-corrected chi connectivity index (χ1v) is 5.28. The molecule has 0 radical (unpaired) electrons. The molecule has 0 atom stereocenters. The van der Waals surface area contributed by atoms with Gasteiger partial charge in [0.15, 0.2) is 5.82 Å².